The summed E-state index contributed by atoms with van der Waals surface area (Å²) in [6.45, 7) is 0. The van der Waals surface area contributed by atoms with Gasteiger partial charge >= 0.3 is 0 Å². The molecule has 8 heavy (non-hydrogen) atoms. The van der Waals surface area contributed by atoms with Crippen LogP contribution in [0.5, 0.6) is 0 Å². The minimum absolute atomic E-state index is 0.423. The van der Waals surface area contributed by atoms with Gasteiger partial charge < -0.3 is 0 Å². The molecule has 0 aliphatic heterocycles. The van der Waals surface area contributed by atoms with E-state index >= 15 is 0 Å². The van der Waals surface area contributed by atoms with Crippen LogP contribution in [0.4, 0.5) is 0 Å². The maximum absolute atomic E-state index is 9.84. The second-order valence-corrected chi connectivity index (χ2v) is 2.99. The lowest BCUT2D eigenvalue weighted by Gasteiger charge is -1.78. The van der Waals surface area contributed by atoms with E-state index in [4.69, 9.17) is 4.55 Å². The van der Waals surface area contributed by atoms with Gasteiger partial charge in [0, 0.05) is 5.33 Å². The molecule has 0 radical (unpaired) electrons. The van der Waals surface area contributed by atoms with Gasteiger partial charge in [-0.25, -0.2) is 0 Å². The Morgan fingerprint density at radius 2 is 2.12 bits per heavy atom. The number of rotatable bonds is 2. The zero-order valence-electron chi connectivity index (χ0n) is 3.91. The average Bonchev–Trinajstić information content (AvgIpc) is 1.59. The highest BCUT2D eigenvalue weighted by atomic mass is 79.9. The first kappa shape index (κ1) is 8.13. The van der Waals surface area contributed by atoms with Gasteiger partial charge in [-0.1, -0.05) is 22.0 Å². The Morgan fingerprint density at radius 3 is 2.25 bits per heavy atom. The van der Waals surface area contributed by atoms with Crippen LogP contribution in [0.25, 0.3) is 0 Å². The van der Waals surface area contributed by atoms with Gasteiger partial charge in [0.25, 0.3) is 10.1 Å². The van der Waals surface area contributed by atoms with Crippen molar-refractivity contribution in [2.24, 2.45) is 0 Å². The topological polar surface area (TPSA) is 54.4 Å². The number of allylic oxidation sites excluding steroid dienone is 1. The molecular weight excluding hydrogens is 196 g/mol. The highest BCUT2D eigenvalue weighted by molar-refractivity contribution is 9.09. The Balaban J connectivity index is 3.92. The third-order valence-electron chi connectivity index (χ3n) is 0.357. The summed E-state index contributed by atoms with van der Waals surface area (Å²) in [6, 6.07) is 0. The first-order valence-corrected chi connectivity index (χ1v) is 4.39. The van der Waals surface area contributed by atoms with Gasteiger partial charge in [0.1, 0.15) is 0 Å². The molecule has 48 valence electrons. The standard InChI is InChI=1S/C3H5BrO3S/c4-2-1-3-8(5,6)7/h1,3H,2H2,(H,5,6,7). The molecule has 3 nitrogen and oxygen atoms in total. The van der Waals surface area contributed by atoms with Gasteiger partial charge in [-0.3, -0.25) is 4.55 Å². The predicted octanol–water partition coefficient (Wildman–Crippen LogP) is 0.783. The lowest BCUT2D eigenvalue weighted by atomic mass is 10.8. The van der Waals surface area contributed by atoms with Crippen molar-refractivity contribution < 1.29 is 13.0 Å². The molecule has 0 aliphatic rings. The van der Waals surface area contributed by atoms with Crippen LogP contribution in [0.3, 0.4) is 0 Å². The van der Waals surface area contributed by atoms with Crippen molar-refractivity contribution in [2.75, 3.05) is 5.33 Å². The predicted molar refractivity (Wildman–Crippen MR) is 34.5 cm³/mol. The quantitative estimate of drug-likeness (QED) is 0.530. The summed E-state index contributed by atoms with van der Waals surface area (Å²) < 4.78 is 27.7. The molecule has 0 saturated carbocycles. The van der Waals surface area contributed by atoms with Crippen molar-refractivity contribution in [3.05, 3.63) is 11.5 Å². The lowest BCUT2D eigenvalue weighted by molar-refractivity contribution is 0.494. The fraction of sp³-hybridized carbons (Fsp3) is 0.333. The molecule has 0 fully saturated rings. The van der Waals surface area contributed by atoms with Crippen molar-refractivity contribution in [1.29, 1.82) is 0 Å². The van der Waals surface area contributed by atoms with Gasteiger partial charge in [-0.05, 0) is 0 Å². The van der Waals surface area contributed by atoms with Crippen LogP contribution in [0.15, 0.2) is 11.5 Å². The summed E-state index contributed by atoms with van der Waals surface area (Å²) in [4.78, 5) is 0. The fourth-order valence-corrected chi connectivity index (χ4v) is 0.932. The molecule has 0 atom stereocenters. The van der Waals surface area contributed by atoms with E-state index in [1.807, 2.05) is 0 Å². The molecule has 0 amide bonds. The minimum atomic E-state index is -3.90. The summed E-state index contributed by atoms with van der Waals surface area (Å²) in [6.07, 6.45) is 1.29. The molecule has 0 aromatic rings. The Kier molecular flexibility index (Phi) is 3.27. The maximum atomic E-state index is 9.84. The van der Waals surface area contributed by atoms with E-state index in [-0.39, 0.29) is 0 Å². The largest absolute Gasteiger partial charge is 0.287 e. The van der Waals surface area contributed by atoms with Crippen LogP contribution in [-0.2, 0) is 10.1 Å². The molecule has 0 heterocycles. The fourth-order valence-electron chi connectivity index (χ4n) is 0.158. The van der Waals surface area contributed by atoms with E-state index in [1.165, 1.54) is 6.08 Å². The van der Waals surface area contributed by atoms with Gasteiger partial charge in [0.2, 0.25) is 0 Å². The molecule has 0 aromatic carbocycles. The molecule has 0 spiro atoms. The first-order valence-electron chi connectivity index (χ1n) is 1.76. The Labute approximate surface area is 56.3 Å². The highest BCUT2D eigenvalue weighted by Crippen LogP contribution is 1.86. The van der Waals surface area contributed by atoms with Crippen LogP contribution >= 0.6 is 15.9 Å². The Bertz CT molecular complexity index is 169. The number of hydrogen-bond acceptors (Lipinski definition) is 2. The number of halogens is 1. The summed E-state index contributed by atoms with van der Waals surface area (Å²) in [5.74, 6) is 0. The van der Waals surface area contributed by atoms with Crippen LogP contribution < -0.4 is 0 Å². The number of alkyl halides is 1. The smallest absolute Gasteiger partial charge is 0.282 e. The molecule has 0 rings (SSSR count). The van der Waals surface area contributed by atoms with Crippen molar-refractivity contribution in [2.45, 2.75) is 0 Å². The van der Waals surface area contributed by atoms with Crippen molar-refractivity contribution in [1.82, 2.24) is 0 Å². The summed E-state index contributed by atoms with van der Waals surface area (Å²) in [5, 5.41) is 1.15. The second kappa shape index (κ2) is 3.21. The summed E-state index contributed by atoms with van der Waals surface area (Å²) in [5.41, 5.74) is 0. The minimum Gasteiger partial charge on any atom is -0.282 e. The molecule has 0 bridgehead atoms. The van der Waals surface area contributed by atoms with Gasteiger partial charge in [-0.2, -0.15) is 8.42 Å². The van der Waals surface area contributed by atoms with Crippen molar-refractivity contribution >= 4 is 26.0 Å². The highest BCUT2D eigenvalue weighted by Gasteiger charge is 1.91. The summed E-state index contributed by atoms with van der Waals surface area (Å²) >= 11 is 2.94. The molecule has 0 aromatic heterocycles. The van der Waals surface area contributed by atoms with Gasteiger partial charge in [0.15, 0.2) is 0 Å². The van der Waals surface area contributed by atoms with Crippen LogP contribution in [0.2, 0.25) is 0 Å². The van der Waals surface area contributed by atoms with Crippen LogP contribution in [0, 0.1) is 0 Å². The van der Waals surface area contributed by atoms with Crippen molar-refractivity contribution in [3.63, 3.8) is 0 Å². The second-order valence-electron chi connectivity index (χ2n) is 1.04. The zero-order chi connectivity index (χ0) is 6.62. The molecule has 0 unspecified atom stereocenters. The molecule has 5 heteroatoms. The zero-order valence-corrected chi connectivity index (χ0v) is 6.31. The normalized spacial score (nSPS) is 12.8. The molecule has 0 saturated heterocycles. The van der Waals surface area contributed by atoms with E-state index in [9.17, 15) is 8.42 Å². The molecule has 1 N–H and O–H groups in total. The third-order valence-corrected chi connectivity index (χ3v) is 1.27. The summed E-state index contributed by atoms with van der Waals surface area (Å²) in [7, 11) is -3.90. The van der Waals surface area contributed by atoms with Gasteiger partial charge in [0.05, 0.1) is 5.41 Å². The first-order chi connectivity index (χ1) is 3.56. The monoisotopic (exact) mass is 200 g/mol. The van der Waals surface area contributed by atoms with E-state index in [2.05, 4.69) is 15.9 Å². The third kappa shape index (κ3) is 6.13. The molecule has 0 aliphatic carbocycles. The Morgan fingerprint density at radius 1 is 1.62 bits per heavy atom. The van der Waals surface area contributed by atoms with E-state index in [1.54, 1.807) is 0 Å². The van der Waals surface area contributed by atoms with E-state index < -0.39 is 10.1 Å². The lowest BCUT2D eigenvalue weighted by Crippen LogP contribution is -1.88. The van der Waals surface area contributed by atoms with E-state index in [0.717, 1.165) is 5.41 Å². The van der Waals surface area contributed by atoms with Crippen LogP contribution in [-0.4, -0.2) is 18.3 Å². The van der Waals surface area contributed by atoms with Crippen molar-refractivity contribution in [3.8, 4) is 0 Å². The SMILES string of the molecule is O=S(=O)(O)C=CCBr. The molecular formula is C3H5BrO3S. The Hall–Kier alpha value is 0.130. The number of hydrogen-bond donors (Lipinski definition) is 1. The average molecular weight is 201 g/mol. The van der Waals surface area contributed by atoms with E-state index in [0.29, 0.717) is 5.33 Å². The maximum Gasteiger partial charge on any atom is 0.287 e. The van der Waals surface area contributed by atoms with Crippen LogP contribution in [0.1, 0.15) is 0 Å². The van der Waals surface area contributed by atoms with Gasteiger partial charge in [-0.15, -0.1) is 0 Å².